The van der Waals surface area contributed by atoms with Crippen molar-refractivity contribution in [1.29, 1.82) is 5.26 Å². The Bertz CT molecular complexity index is 827. The third-order valence-corrected chi connectivity index (χ3v) is 5.31. The molecule has 1 N–H and O–H groups in total. The van der Waals surface area contributed by atoms with Crippen LogP contribution < -0.4 is 5.56 Å². The van der Waals surface area contributed by atoms with Gasteiger partial charge in [-0.25, -0.2) is 4.98 Å². The second-order valence-corrected chi connectivity index (χ2v) is 6.82. The van der Waals surface area contributed by atoms with Crippen LogP contribution >= 0.6 is 34.4 Å². The summed E-state index contributed by atoms with van der Waals surface area (Å²) in [6.07, 6.45) is 0.442. The van der Waals surface area contributed by atoms with Crippen LogP contribution in [0.25, 0.3) is 20.7 Å². The fourth-order valence-electron chi connectivity index (χ4n) is 1.80. The number of aromatic amines is 1. The zero-order chi connectivity index (χ0) is 13.9. The standard InChI is InChI=1S/C13H9N3OS3/c14-4-2-6-19-13-15-11(17)10-8(7-20-12(10)16-13)9-3-1-5-18-9/h1,3,5,7H,2,6H2,(H,15,16,17). The molecular formula is C13H9N3OS3. The van der Waals surface area contributed by atoms with Crippen LogP contribution in [0.3, 0.4) is 0 Å². The minimum Gasteiger partial charge on any atom is -0.301 e. The van der Waals surface area contributed by atoms with E-state index in [1.54, 1.807) is 11.3 Å². The topological polar surface area (TPSA) is 69.5 Å². The van der Waals surface area contributed by atoms with Crippen molar-refractivity contribution in [2.45, 2.75) is 11.6 Å². The molecule has 0 aliphatic rings. The largest absolute Gasteiger partial charge is 0.301 e. The monoisotopic (exact) mass is 319 g/mol. The maximum Gasteiger partial charge on any atom is 0.260 e. The normalized spacial score (nSPS) is 10.8. The average molecular weight is 319 g/mol. The maximum atomic E-state index is 12.2. The SMILES string of the molecule is N#CCCSc1nc2scc(-c3cccs3)c2c(=O)[nH]1. The van der Waals surface area contributed by atoms with E-state index in [4.69, 9.17) is 5.26 Å². The van der Waals surface area contributed by atoms with Crippen molar-refractivity contribution >= 4 is 44.7 Å². The molecule has 3 rings (SSSR count). The van der Waals surface area contributed by atoms with Crippen LogP contribution in [0.1, 0.15) is 6.42 Å². The lowest BCUT2D eigenvalue weighted by atomic mass is 10.2. The molecule has 0 bridgehead atoms. The molecule has 100 valence electrons. The summed E-state index contributed by atoms with van der Waals surface area (Å²) in [6.45, 7) is 0. The molecule has 0 unspecified atom stereocenters. The van der Waals surface area contributed by atoms with E-state index in [1.165, 1.54) is 23.1 Å². The quantitative estimate of drug-likeness (QED) is 0.452. The minimum atomic E-state index is -0.112. The molecular weight excluding hydrogens is 310 g/mol. The van der Waals surface area contributed by atoms with Gasteiger partial charge >= 0.3 is 0 Å². The molecule has 3 heterocycles. The van der Waals surface area contributed by atoms with Gasteiger partial charge in [0.1, 0.15) is 4.83 Å². The summed E-state index contributed by atoms with van der Waals surface area (Å²) >= 11 is 4.49. The van der Waals surface area contributed by atoms with Gasteiger partial charge < -0.3 is 4.98 Å². The highest BCUT2D eigenvalue weighted by Gasteiger charge is 2.13. The minimum absolute atomic E-state index is 0.112. The fourth-order valence-corrected chi connectivity index (χ4v) is 4.33. The fraction of sp³-hybridized carbons (Fsp3) is 0.154. The van der Waals surface area contributed by atoms with E-state index >= 15 is 0 Å². The third kappa shape index (κ3) is 2.50. The molecule has 0 saturated heterocycles. The number of thioether (sulfide) groups is 1. The number of nitriles is 1. The molecule has 0 fully saturated rings. The Labute approximate surface area is 127 Å². The zero-order valence-corrected chi connectivity index (χ0v) is 12.7. The molecule has 0 aliphatic carbocycles. The Morgan fingerprint density at radius 1 is 1.45 bits per heavy atom. The first-order valence-corrected chi connectivity index (χ1v) is 8.59. The van der Waals surface area contributed by atoms with Gasteiger partial charge in [-0.15, -0.1) is 22.7 Å². The van der Waals surface area contributed by atoms with Crippen molar-refractivity contribution in [3.63, 3.8) is 0 Å². The molecule has 7 heteroatoms. The Balaban J connectivity index is 2.03. The predicted molar refractivity (Wildman–Crippen MR) is 84.5 cm³/mol. The van der Waals surface area contributed by atoms with Crippen LogP contribution in [0.15, 0.2) is 32.8 Å². The average Bonchev–Trinajstić information content (AvgIpc) is 3.07. The van der Waals surface area contributed by atoms with Crippen molar-refractivity contribution in [2.75, 3.05) is 5.75 Å². The smallest absolute Gasteiger partial charge is 0.260 e. The number of hydrogen-bond acceptors (Lipinski definition) is 6. The molecule has 0 radical (unpaired) electrons. The van der Waals surface area contributed by atoms with Gasteiger partial charge in [-0.3, -0.25) is 4.79 Å². The number of rotatable bonds is 4. The van der Waals surface area contributed by atoms with Crippen molar-refractivity contribution < 1.29 is 0 Å². The highest BCUT2D eigenvalue weighted by Crippen LogP contribution is 2.33. The molecule has 0 aliphatic heterocycles. The predicted octanol–water partition coefficient (Wildman–Crippen LogP) is 3.72. The van der Waals surface area contributed by atoms with Crippen LogP contribution in [0.2, 0.25) is 0 Å². The summed E-state index contributed by atoms with van der Waals surface area (Å²) in [4.78, 5) is 21.3. The molecule has 0 saturated carbocycles. The second kappa shape index (κ2) is 5.79. The lowest BCUT2D eigenvalue weighted by molar-refractivity contribution is 0.979. The number of nitrogens with zero attached hydrogens (tertiary/aromatic N) is 2. The van der Waals surface area contributed by atoms with Crippen molar-refractivity contribution in [1.82, 2.24) is 9.97 Å². The van der Waals surface area contributed by atoms with Crippen LogP contribution in [0, 0.1) is 11.3 Å². The highest BCUT2D eigenvalue weighted by atomic mass is 32.2. The van der Waals surface area contributed by atoms with E-state index in [-0.39, 0.29) is 5.56 Å². The van der Waals surface area contributed by atoms with Gasteiger partial charge in [0.15, 0.2) is 5.16 Å². The molecule has 0 atom stereocenters. The van der Waals surface area contributed by atoms with Crippen molar-refractivity contribution in [3.05, 3.63) is 33.2 Å². The molecule has 4 nitrogen and oxygen atoms in total. The maximum absolute atomic E-state index is 12.2. The molecule has 3 aromatic rings. The third-order valence-electron chi connectivity index (χ3n) is 2.66. The Kier molecular flexibility index (Phi) is 3.87. The summed E-state index contributed by atoms with van der Waals surface area (Å²) in [5.41, 5.74) is 0.835. The van der Waals surface area contributed by atoms with Gasteiger partial charge in [0.2, 0.25) is 0 Å². The van der Waals surface area contributed by atoms with E-state index in [0.29, 0.717) is 22.7 Å². The number of thiophene rings is 2. The second-order valence-electron chi connectivity index (χ2n) is 3.93. The van der Waals surface area contributed by atoms with E-state index in [0.717, 1.165) is 15.3 Å². The van der Waals surface area contributed by atoms with Gasteiger partial charge in [-0.05, 0) is 11.4 Å². The van der Waals surface area contributed by atoms with Gasteiger partial charge in [-0.2, -0.15) is 5.26 Å². The Morgan fingerprint density at radius 3 is 3.10 bits per heavy atom. The number of aromatic nitrogens is 2. The van der Waals surface area contributed by atoms with Gasteiger partial charge in [0.25, 0.3) is 5.56 Å². The van der Waals surface area contributed by atoms with Crippen LogP contribution in [-0.2, 0) is 0 Å². The molecule has 0 spiro atoms. The zero-order valence-electron chi connectivity index (χ0n) is 10.3. The first-order valence-electron chi connectivity index (χ1n) is 5.84. The Morgan fingerprint density at radius 2 is 2.35 bits per heavy atom. The number of hydrogen-bond donors (Lipinski definition) is 1. The highest BCUT2D eigenvalue weighted by molar-refractivity contribution is 7.99. The van der Waals surface area contributed by atoms with Crippen LogP contribution in [0.5, 0.6) is 0 Å². The van der Waals surface area contributed by atoms with Gasteiger partial charge in [0, 0.05) is 28.0 Å². The molecule has 0 amide bonds. The van der Waals surface area contributed by atoms with Crippen LogP contribution in [-0.4, -0.2) is 15.7 Å². The van der Waals surface area contributed by atoms with E-state index in [1.807, 2.05) is 22.9 Å². The summed E-state index contributed by atoms with van der Waals surface area (Å²) in [7, 11) is 0. The van der Waals surface area contributed by atoms with Gasteiger partial charge in [-0.1, -0.05) is 17.8 Å². The first kappa shape index (κ1) is 13.4. The summed E-state index contributed by atoms with van der Waals surface area (Å²) in [6, 6.07) is 6.05. The molecule has 0 aromatic carbocycles. The summed E-state index contributed by atoms with van der Waals surface area (Å²) in [5.74, 6) is 0.633. The summed E-state index contributed by atoms with van der Waals surface area (Å²) in [5, 5.41) is 13.7. The summed E-state index contributed by atoms with van der Waals surface area (Å²) < 4.78 is 0. The van der Waals surface area contributed by atoms with Crippen molar-refractivity contribution in [2.24, 2.45) is 0 Å². The van der Waals surface area contributed by atoms with Gasteiger partial charge in [0.05, 0.1) is 11.5 Å². The number of fused-ring (bicyclic) bond motifs is 1. The Hall–Kier alpha value is -1.62. The first-order chi connectivity index (χ1) is 9.79. The number of nitrogens with one attached hydrogen (secondary N) is 1. The van der Waals surface area contributed by atoms with E-state index in [2.05, 4.69) is 16.0 Å². The number of H-pyrrole nitrogens is 1. The van der Waals surface area contributed by atoms with E-state index < -0.39 is 0 Å². The molecule has 20 heavy (non-hydrogen) atoms. The van der Waals surface area contributed by atoms with Crippen LogP contribution in [0.4, 0.5) is 0 Å². The van der Waals surface area contributed by atoms with Crippen molar-refractivity contribution in [3.8, 4) is 16.5 Å². The molecule has 3 aromatic heterocycles. The lowest BCUT2D eigenvalue weighted by Crippen LogP contribution is -2.08. The van der Waals surface area contributed by atoms with E-state index in [9.17, 15) is 4.79 Å². The lowest BCUT2D eigenvalue weighted by Gasteiger charge is -1.99.